The van der Waals surface area contributed by atoms with E-state index in [1.54, 1.807) is 6.07 Å². The van der Waals surface area contributed by atoms with Gasteiger partial charge in [0.15, 0.2) is 11.5 Å². The minimum Gasteiger partial charge on any atom is -0.453 e. The van der Waals surface area contributed by atoms with Crippen molar-refractivity contribution in [3.8, 4) is 23.0 Å². The Hall–Kier alpha value is -3.94. The Morgan fingerprint density at radius 1 is 0.667 bits per heavy atom. The first-order valence-corrected chi connectivity index (χ1v) is 9.12. The van der Waals surface area contributed by atoms with Gasteiger partial charge in [0.2, 0.25) is 0 Å². The van der Waals surface area contributed by atoms with Crippen LogP contribution in [0.15, 0.2) is 66.7 Å². The predicted molar refractivity (Wildman–Crippen MR) is 111 cm³/mol. The fourth-order valence-electron chi connectivity index (χ4n) is 2.66. The number of ether oxygens (including phenoxy) is 2. The van der Waals surface area contributed by atoms with Crippen LogP contribution in [0.4, 0.5) is 11.4 Å². The second-order valence-electron chi connectivity index (χ2n) is 7.62. The molecule has 0 aliphatic rings. The van der Waals surface area contributed by atoms with Crippen LogP contribution in [-0.2, 0) is 5.41 Å². The van der Waals surface area contributed by atoms with Crippen molar-refractivity contribution < 1.29 is 19.3 Å². The van der Waals surface area contributed by atoms with Gasteiger partial charge in [-0.05, 0) is 47.4 Å². The molecular weight excluding hydrogens is 388 g/mol. The molecule has 0 aliphatic carbocycles. The van der Waals surface area contributed by atoms with Gasteiger partial charge < -0.3 is 9.47 Å². The van der Waals surface area contributed by atoms with Gasteiger partial charge >= 0.3 is 0 Å². The van der Waals surface area contributed by atoms with Gasteiger partial charge in [-0.15, -0.1) is 0 Å². The van der Waals surface area contributed by atoms with Gasteiger partial charge in [-0.1, -0.05) is 26.8 Å². The van der Waals surface area contributed by atoms with Crippen LogP contribution >= 0.6 is 0 Å². The fraction of sp³-hybridized carbons (Fsp3) is 0.182. The van der Waals surface area contributed by atoms with Crippen molar-refractivity contribution in [1.82, 2.24) is 0 Å². The van der Waals surface area contributed by atoms with E-state index in [0.29, 0.717) is 23.0 Å². The van der Waals surface area contributed by atoms with Crippen molar-refractivity contribution in [1.29, 1.82) is 0 Å². The van der Waals surface area contributed by atoms with Crippen LogP contribution in [0.25, 0.3) is 0 Å². The molecule has 0 atom stereocenters. The highest BCUT2D eigenvalue weighted by atomic mass is 16.6. The lowest BCUT2D eigenvalue weighted by Crippen LogP contribution is -2.11. The Kier molecular flexibility index (Phi) is 5.68. The molecule has 0 N–H and O–H groups in total. The van der Waals surface area contributed by atoms with Crippen LogP contribution in [0.1, 0.15) is 26.3 Å². The molecule has 3 rings (SSSR count). The third-order valence-corrected chi connectivity index (χ3v) is 4.36. The first-order chi connectivity index (χ1) is 14.1. The maximum atomic E-state index is 10.9. The second-order valence-corrected chi connectivity index (χ2v) is 7.62. The van der Waals surface area contributed by atoms with Crippen molar-refractivity contribution in [2.45, 2.75) is 26.2 Å². The normalized spacial score (nSPS) is 11.0. The summed E-state index contributed by atoms with van der Waals surface area (Å²) in [5, 5.41) is 21.7. The SMILES string of the molecule is CC(C)(C)c1ccc(Oc2ccc([N+](=O)[O-])cc2)c(Oc2ccc([N+](=O)[O-])cc2)c1. The predicted octanol–water partition coefficient (Wildman–Crippen LogP) is 6.39. The van der Waals surface area contributed by atoms with E-state index in [9.17, 15) is 20.2 Å². The second kappa shape index (κ2) is 8.20. The number of benzene rings is 3. The smallest absolute Gasteiger partial charge is 0.269 e. The lowest BCUT2D eigenvalue weighted by molar-refractivity contribution is -0.385. The van der Waals surface area contributed by atoms with Gasteiger partial charge in [0, 0.05) is 24.3 Å². The largest absolute Gasteiger partial charge is 0.453 e. The lowest BCUT2D eigenvalue weighted by Gasteiger charge is -2.21. The number of rotatable bonds is 6. The number of nitro groups is 2. The number of nitro benzene ring substituents is 2. The first kappa shape index (κ1) is 20.8. The number of non-ortho nitro benzene ring substituents is 2. The van der Waals surface area contributed by atoms with E-state index < -0.39 is 9.85 Å². The van der Waals surface area contributed by atoms with Gasteiger partial charge in [-0.3, -0.25) is 20.2 Å². The molecule has 0 saturated heterocycles. The van der Waals surface area contributed by atoms with E-state index in [1.165, 1.54) is 48.5 Å². The molecule has 154 valence electrons. The zero-order valence-corrected chi connectivity index (χ0v) is 16.7. The van der Waals surface area contributed by atoms with Gasteiger partial charge in [0.25, 0.3) is 11.4 Å². The molecule has 0 aromatic heterocycles. The number of hydrogen-bond acceptors (Lipinski definition) is 6. The third-order valence-electron chi connectivity index (χ3n) is 4.36. The van der Waals surface area contributed by atoms with Crippen LogP contribution < -0.4 is 9.47 Å². The molecule has 3 aromatic carbocycles. The third kappa shape index (κ3) is 4.91. The van der Waals surface area contributed by atoms with E-state index >= 15 is 0 Å². The summed E-state index contributed by atoms with van der Waals surface area (Å²) in [7, 11) is 0. The number of hydrogen-bond donors (Lipinski definition) is 0. The van der Waals surface area contributed by atoms with E-state index in [2.05, 4.69) is 20.8 Å². The van der Waals surface area contributed by atoms with Gasteiger partial charge in [0.1, 0.15) is 11.5 Å². The van der Waals surface area contributed by atoms with Crippen LogP contribution in [0.5, 0.6) is 23.0 Å². The summed E-state index contributed by atoms with van der Waals surface area (Å²) in [4.78, 5) is 20.7. The topological polar surface area (TPSA) is 105 Å². The van der Waals surface area contributed by atoms with Crippen molar-refractivity contribution in [2.75, 3.05) is 0 Å². The van der Waals surface area contributed by atoms with Crippen molar-refractivity contribution >= 4 is 11.4 Å². The van der Waals surface area contributed by atoms with Gasteiger partial charge in [0.05, 0.1) is 9.85 Å². The van der Waals surface area contributed by atoms with Crippen LogP contribution in [0, 0.1) is 20.2 Å². The molecule has 0 bridgehead atoms. The summed E-state index contributed by atoms with van der Waals surface area (Å²) in [6.07, 6.45) is 0. The molecule has 8 heteroatoms. The monoisotopic (exact) mass is 408 g/mol. The maximum absolute atomic E-state index is 10.9. The molecular formula is C22H20N2O6. The quantitative estimate of drug-likeness (QED) is 0.346. The molecule has 0 amide bonds. The lowest BCUT2D eigenvalue weighted by atomic mass is 9.87. The summed E-state index contributed by atoms with van der Waals surface area (Å²) >= 11 is 0. The maximum Gasteiger partial charge on any atom is 0.269 e. The van der Waals surface area contributed by atoms with E-state index in [4.69, 9.17) is 9.47 Å². The Bertz CT molecular complexity index is 1070. The van der Waals surface area contributed by atoms with E-state index in [-0.39, 0.29) is 16.8 Å². The fourth-order valence-corrected chi connectivity index (χ4v) is 2.66. The molecule has 0 radical (unpaired) electrons. The highest BCUT2D eigenvalue weighted by Crippen LogP contribution is 2.39. The minimum absolute atomic E-state index is 0.0341. The molecule has 0 fully saturated rings. The zero-order valence-electron chi connectivity index (χ0n) is 16.7. The zero-order chi connectivity index (χ0) is 21.9. The summed E-state index contributed by atoms with van der Waals surface area (Å²) in [5.41, 5.74) is 0.802. The Morgan fingerprint density at radius 2 is 1.10 bits per heavy atom. The molecule has 8 nitrogen and oxygen atoms in total. The molecule has 0 heterocycles. The van der Waals surface area contributed by atoms with Crippen LogP contribution in [0.3, 0.4) is 0 Å². The average molecular weight is 408 g/mol. The minimum atomic E-state index is -0.481. The Balaban J connectivity index is 1.93. The summed E-state index contributed by atoms with van der Waals surface area (Å²) < 4.78 is 11.8. The summed E-state index contributed by atoms with van der Waals surface area (Å²) in [5.74, 6) is 1.67. The van der Waals surface area contributed by atoms with E-state index in [1.807, 2.05) is 12.1 Å². The molecule has 3 aromatic rings. The van der Waals surface area contributed by atoms with Crippen LogP contribution in [-0.4, -0.2) is 9.85 Å². The van der Waals surface area contributed by atoms with Crippen molar-refractivity contribution in [3.63, 3.8) is 0 Å². The molecule has 30 heavy (non-hydrogen) atoms. The molecule has 0 unspecified atom stereocenters. The van der Waals surface area contributed by atoms with Crippen LogP contribution in [0.2, 0.25) is 0 Å². The molecule has 0 saturated carbocycles. The Labute approximate surface area is 173 Å². The van der Waals surface area contributed by atoms with Crippen molar-refractivity contribution in [2.24, 2.45) is 0 Å². The van der Waals surface area contributed by atoms with Crippen molar-refractivity contribution in [3.05, 3.63) is 92.5 Å². The van der Waals surface area contributed by atoms with E-state index in [0.717, 1.165) is 5.56 Å². The first-order valence-electron chi connectivity index (χ1n) is 9.12. The highest BCUT2D eigenvalue weighted by molar-refractivity contribution is 5.50. The summed E-state index contributed by atoms with van der Waals surface area (Å²) in [6, 6.07) is 17.0. The average Bonchev–Trinajstić information content (AvgIpc) is 2.69. The summed E-state index contributed by atoms with van der Waals surface area (Å²) in [6.45, 7) is 6.19. The number of nitrogens with zero attached hydrogens (tertiary/aromatic N) is 2. The molecule has 0 spiro atoms. The Morgan fingerprint density at radius 3 is 1.50 bits per heavy atom. The standard InChI is InChI=1S/C22H20N2O6/c1-22(2,3)15-4-13-20(29-18-9-5-16(6-10-18)23(25)26)21(14-15)30-19-11-7-17(8-12-19)24(27)28/h4-14H,1-3H3. The van der Waals surface area contributed by atoms with Gasteiger partial charge in [-0.2, -0.15) is 0 Å². The van der Waals surface area contributed by atoms with Gasteiger partial charge in [-0.25, -0.2) is 0 Å². The molecule has 0 aliphatic heterocycles. The highest BCUT2D eigenvalue weighted by Gasteiger charge is 2.18.